The second-order valence-corrected chi connectivity index (χ2v) is 9.07. The Morgan fingerprint density at radius 3 is 2.58 bits per heavy atom. The quantitative estimate of drug-likeness (QED) is 0.546. The molecule has 174 valence electrons. The summed E-state index contributed by atoms with van der Waals surface area (Å²) in [5, 5.41) is 0. The number of anilines is 1. The number of oxazole rings is 1. The highest BCUT2D eigenvalue weighted by Gasteiger charge is 2.25. The first-order chi connectivity index (χ1) is 16.3. The topological polar surface area (TPSA) is 57.9 Å². The van der Waals surface area contributed by atoms with Crippen molar-refractivity contribution >= 4 is 5.82 Å². The molecule has 5 rings (SSSR count). The van der Waals surface area contributed by atoms with Crippen molar-refractivity contribution in [1.82, 2.24) is 19.8 Å². The molecule has 0 spiro atoms. The number of piperidine rings is 1. The van der Waals surface area contributed by atoms with Crippen LogP contribution in [0.15, 0.2) is 59.3 Å². The molecular formula is C26H33N5O2. The van der Waals surface area contributed by atoms with E-state index in [4.69, 9.17) is 9.15 Å². The number of hydrogen-bond donors (Lipinski definition) is 0. The van der Waals surface area contributed by atoms with Crippen LogP contribution in [0.4, 0.5) is 5.82 Å². The van der Waals surface area contributed by atoms with Gasteiger partial charge in [-0.15, -0.1) is 0 Å². The molecule has 0 N–H and O–H groups in total. The number of aromatic nitrogens is 2. The molecule has 4 heterocycles. The van der Waals surface area contributed by atoms with Gasteiger partial charge in [0, 0.05) is 51.0 Å². The lowest BCUT2D eigenvalue weighted by atomic mass is 9.97. The van der Waals surface area contributed by atoms with Crippen molar-refractivity contribution in [2.75, 3.05) is 57.8 Å². The van der Waals surface area contributed by atoms with Crippen LogP contribution in [0, 0.1) is 5.92 Å². The van der Waals surface area contributed by atoms with Gasteiger partial charge in [-0.25, -0.2) is 9.97 Å². The smallest absolute Gasteiger partial charge is 0.209 e. The Bertz CT molecular complexity index is 999. The van der Waals surface area contributed by atoms with E-state index < -0.39 is 0 Å². The third kappa shape index (κ3) is 5.54. The molecule has 0 amide bonds. The van der Waals surface area contributed by atoms with Gasteiger partial charge >= 0.3 is 0 Å². The zero-order chi connectivity index (χ0) is 22.5. The first kappa shape index (κ1) is 21.9. The molecule has 3 aromatic rings. The fourth-order valence-corrected chi connectivity index (χ4v) is 4.97. The molecule has 0 bridgehead atoms. The summed E-state index contributed by atoms with van der Waals surface area (Å²) in [5.74, 6) is 4.26. The second-order valence-electron chi connectivity index (χ2n) is 9.07. The van der Waals surface area contributed by atoms with Crippen molar-refractivity contribution in [1.29, 1.82) is 0 Å². The molecule has 2 fully saturated rings. The maximum Gasteiger partial charge on any atom is 0.209 e. The highest BCUT2D eigenvalue weighted by atomic mass is 16.5. The highest BCUT2D eigenvalue weighted by molar-refractivity contribution is 5.57. The minimum Gasteiger partial charge on any atom is -0.497 e. The lowest BCUT2D eigenvalue weighted by Gasteiger charge is -2.39. The van der Waals surface area contributed by atoms with Gasteiger partial charge in [0.2, 0.25) is 5.89 Å². The van der Waals surface area contributed by atoms with E-state index in [1.54, 1.807) is 7.11 Å². The number of benzene rings is 1. The summed E-state index contributed by atoms with van der Waals surface area (Å²) in [5.41, 5.74) is 1.02. The number of ether oxygens (including phenoxy) is 1. The molecule has 33 heavy (non-hydrogen) atoms. The monoisotopic (exact) mass is 447 g/mol. The number of hydrogen-bond acceptors (Lipinski definition) is 7. The Morgan fingerprint density at radius 2 is 1.82 bits per heavy atom. The molecule has 0 saturated carbocycles. The fourth-order valence-electron chi connectivity index (χ4n) is 4.97. The van der Waals surface area contributed by atoms with Crippen LogP contribution in [0.3, 0.4) is 0 Å². The average Bonchev–Trinajstić information content (AvgIpc) is 3.34. The van der Waals surface area contributed by atoms with Gasteiger partial charge in [-0.2, -0.15) is 0 Å². The third-order valence-corrected chi connectivity index (χ3v) is 6.75. The standard InChI is InChI=1S/C26H33N5O2/c1-32-23-9-7-22(8-10-23)24-17-28-26(33-24)20-30-12-4-5-21(19-30)18-29-13-15-31(16-14-29)25-6-2-3-11-27-25/h2-3,6-11,17,21H,4-5,12-16,18-20H2,1H3. The molecule has 2 aliphatic rings. The van der Waals surface area contributed by atoms with Crippen LogP contribution in [0.2, 0.25) is 0 Å². The fraction of sp³-hybridized carbons (Fsp3) is 0.462. The van der Waals surface area contributed by atoms with E-state index in [1.165, 1.54) is 19.4 Å². The van der Waals surface area contributed by atoms with E-state index in [2.05, 4.69) is 36.8 Å². The SMILES string of the molecule is COc1ccc(-c2cnc(CN3CCCC(CN4CCN(c5ccccn5)CC4)C3)o2)cc1. The third-order valence-electron chi connectivity index (χ3n) is 6.75. The number of methoxy groups -OCH3 is 1. The molecule has 1 unspecified atom stereocenters. The summed E-state index contributed by atoms with van der Waals surface area (Å²) in [6.45, 7) is 8.51. The van der Waals surface area contributed by atoms with Crippen molar-refractivity contribution < 1.29 is 9.15 Å². The highest BCUT2D eigenvalue weighted by Crippen LogP contribution is 2.25. The predicted octanol–water partition coefficient (Wildman–Crippen LogP) is 3.78. The molecule has 7 heteroatoms. The van der Waals surface area contributed by atoms with Gasteiger partial charge in [0.25, 0.3) is 0 Å². The lowest BCUT2D eigenvalue weighted by Crippen LogP contribution is -2.49. The maximum absolute atomic E-state index is 6.07. The van der Waals surface area contributed by atoms with Gasteiger partial charge in [0.15, 0.2) is 5.76 Å². The Morgan fingerprint density at radius 1 is 0.970 bits per heavy atom. The summed E-state index contributed by atoms with van der Waals surface area (Å²) in [4.78, 5) is 16.6. The van der Waals surface area contributed by atoms with Crippen LogP contribution in [-0.2, 0) is 6.54 Å². The number of likely N-dealkylation sites (tertiary alicyclic amines) is 1. The summed E-state index contributed by atoms with van der Waals surface area (Å²) in [7, 11) is 1.68. The van der Waals surface area contributed by atoms with E-state index in [0.717, 1.165) is 74.6 Å². The van der Waals surface area contributed by atoms with Crippen LogP contribution in [-0.4, -0.2) is 72.7 Å². The van der Waals surface area contributed by atoms with Crippen molar-refractivity contribution in [3.8, 4) is 17.1 Å². The Kier molecular flexibility index (Phi) is 6.88. The zero-order valence-corrected chi connectivity index (χ0v) is 19.4. The molecule has 2 saturated heterocycles. The van der Waals surface area contributed by atoms with Gasteiger partial charge in [-0.3, -0.25) is 9.80 Å². The normalized spacial score (nSPS) is 20.2. The summed E-state index contributed by atoms with van der Waals surface area (Å²) in [6.07, 6.45) is 6.26. The van der Waals surface area contributed by atoms with Gasteiger partial charge in [-0.05, 0) is 61.7 Å². The number of rotatable bonds is 7. The van der Waals surface area contributed by atoms with Crippen molar-refractivity contribution in [3.63, 3.8) is 0 Å². The Labute approximate surface area is 196 Å². The van der Waals surface area contributed by atoms with E-state index in [1.807, 2.05) is 42.7 Å². The van der Waals surface area contributed by atoms with Gasteiger partial charge in [0.05, 0.1) is 19.9 Å². The van der Waals surface area contributed by atoms with Crippen LogP contribution >= 0.6 is 0 Å². The summed E-state index contributed by atoms with van der Waals surface area (Å²) >= 11 is 0. The zero-order valence-electron chi connectivity index (χ0n) is 19.4. The second kappa shape index (κ2) is 10.4. The van der Waals surface area contributed by atoms with Crippen molar-refractivity contribution in [2.24, 2.45) is 5.92 Å². The van der Waals surface area contributed by atoms with Crippen LogP contribution < -0.4 is 9.64 Å². The van der Waals surface area contributed by atoms with Gasteiger partial charge in [-0.1, -0.05) is 6.07 Å². The van der Waals surface area contributed by atoms with E-state index >= 15 is 0 Å². The molecule has 7 nitrogen and oxygen atoms in total. The molecule has 2 aliphatic heterocycles. The van der Waals surface area contributed by atoms with Crippen LogP contribution in [0.1, 0.15) is 18.7 Å². The molecule has 1 atom stereocenters. The largest absolute Gasteiger partial charge is 0.497 e. The number of pyridine rings is 1. The molecular weight excluding hydrogens is 414 g/mol. The van der Waals surface area contributed by atoms with Crippen LogP contribution in [0.5, 0.6) is 5.75 Å². The molecule has 0 aliphatic carbocycles. The minimum atomic E-state index is 0.705. The van der Waals surface area contributed by atoms with E-state index in [0.29, 0.717) is 5.92 Å². The van der Waals surface area contributed by atoms with Crippen molar-refractivity contribution in [2.45, 2.75) is 19.4 Å². The Hall–Kier alpha value is -2.90. The predicted molar refractivity (Wildman–Crippen MR) is 129 cm³/mol. The Balaban J connectivity index is 1.11. The van der Waals surface area contributed by atoms with Crippen molar-refractivity contribution in [3.05, 3.63) is 60.7 Å². The maximum atomic E-state index is 6.07. The number of nitrogens with zero attached hydrogens (tertiary/aromatic N) is 5. The lowest BCUT2D eigenvalue weighted by molar-refractivity contribution is 0.118. The first-order valence-corrected chi connectivity index (χ1v) is 12.0. The average molecular weight is 448 g/mol. The molecule has 2 aromatic heterocycles. The van der Waals surface area contributed by atoms with Crippen LogP contribution in [0.25, 0.3) is 11.3 Å². The van der Waals surface area contributed by atoms with Gasteiger partial charge in [0.1, 0.15) is 11.6 Å². The van der Waals surface area contributed by atoms with E-state index in [-0.39, 0.29) is 0 Å². The summed E-state index contributed by atoms with van der Waals surface area (Å²) in [6, 6.07) is 14.1. The van der Waals surface area contributed by atoms with E-state index in [9.17, 15) is 0 Å². The molecule has 0 radical (unpaired) electrons. The first-order valence-electron chi connectivity index (χ1n) is 12.0. The van der Waals surface area contributed by atoms with Gasteiger partial charge < -0.3 is 14.1 Å². The number of piperazine rings is 1. The molecule has 1 aromatic carbocycles. The summed E-state index contributed by atoms with van der Waals surface area (Å²) < 4.78 is 11.3. The minimum absolute atomic E-state index is 0.705.